The number of primary amides is 1. The van der Waals surface area contributed by atoms with Gasteiger partial charge in [0.15, 0.2) is 0 Å². The number of hydrogen-bond acceptors (Lipinski definition) is 14. The Morgan fingerprint density at radius 3 is 2.05 bits per heavy atom. The summed E-state index contributed by atoms with van der Waals surface area (Å²) < 4.78 is 10.1. The summed E-state index contributed by atoms with van der Waals surface area (Å²) in [5.41, 5.74) is 10.2. The van der Waals surface area contributed by atoms with Crippen LogP contribution in [0.5, 0.6) is 5.75 Å². The summed E-state index contributed by atoms with van der Waals surface area (Å²) in [6.45, 7) is 1.36. The van der Waals surface area contributed by atoms with Crippen LogP contribution in [0.2, 0.25) is 0 Å². The molecule has 9 amide bonds. The van der Waals surface area contributed by atoms with Gasteiger partial charge in [-0.15, -0.1) is 0 Å². The van der Waals surface area contributed by atoms with Crippen LogP contribution in [-0.2, 0) is 70.4 Å². The predicted octanol–water partition coefficient (Wildman–Crippen LogP) is -3.08. The molecule has 0 aromatic heterocycles. The minimum atomic E-state index is -1.92. The molecule has 24 heteroatoms. The summed E-state index contributed by atoms with van der Waals surface area (Å²) >= 11 is 0. The van der Waals surface area contributed by atoms with Crippen LogP contribution < -0.4 is 48.5 Å². The lowest BCUT2D eigenvalue weighted by atomic mass is 10.0. The van der Waals surface area contributed by atoms with Gasteiger partial charge in [0.2, 0.25) is 41.4 Å². The summed E-state index contributed by atoms with van der Waals surface area (Å²) in [4.78, 5) is 139. The van der Waals surface area contributed by atoms with E-state index in [0.29, 0.717) is 11.1 Å². The Morgan fingerprint density at radius 1 is 0.810 bits per heavy atom. The Bertz CT molecular complexity index is 2020. The van der Waals surface area contributed by atoms with E-state index >= 15 is 0 Å². The number of nitrogens with one attached hydrogen (secondary N) is 8. The molecule has 12 N–H and O–H groups in total. The van der Waals surface area contributed by atoms with Gasteiger partial charge in [-0.05, 0) is 43.0 Å². The van der Waals surface area contributed by atoms with E-state index in [1.54, 1.807) is 30.3 Å². The number of hydrazine groups is 1. The number of ether oxygens (including phenoxy) is 2. The van der Waals surface area contributed by atoms with E-state index in [1.165, 1.54) is 31.2 Å². The molecule has 1 fully saturated rings. The third-order valence-electron chi connectivity index (χ3n) is 8.99. The van der Waals surface area contributed by atoms with Gasteiger partial charge in [0, 0.05) is 26.2 Å². The van der Waals surface area contributed by atoms with Crippen LogP contribution in [0.1, 0.15) is 57.1 Å². The van der Waals surface area contributed by atoms with Gasteiger partial charge in [-0.2, -0.15) is 0 Å². The fourth-order valence-electron chi connectivity index (χ4n) is 5.83. The number of carbonyl (C=O) groups excluding carboxylic acids is 10. The van der Waals surface area contributed by atoms with Crippen molar-refractivity contribution in [1.29, 1.82) is 0 Å². The summed E-state index contributed by atoms with van der Waals surface area (Å²) in [7, 11) is 0. The van der Waals surface area contributed by atoms with Gasteiger partial charge in [-0.25, -0.2) is 10.2 Å². The molecule has 1 aliphatic rings. The van der Waals surface area contributed by atoms with Crippen molar-refractivity contribution in [2.24, 2.45) is 5.73 Å². The molecule has 0 radical (unpaired) electrons. The normalized spacial score (nSPS) is 15.3. The molecule has 3 rings (SSSR count). The molecule has 6 atom stereocenters. The maximum atomic E-state index is 14.0. The summed E-state index contributed by atoms with van der Waals surface area (Å²) in [5.74, 6) is -10.2. The number of carboxylic acid groups (broad SMARTS) is 1. The second kappa shape index (κ2) is 24.5. The SMILES string of the molecule is CC(=O)O[C@H](C)[C@H](NC(=O)[C@H](Cc1ccc(O)cc1)NC(=O)[C@H](CC(=O)O)NC(=O)[C@H](CCC(N)=O)NC(=O)[C@@H]1CCC(=O)N1)C(=O)NCC(=O)NNC(=O)OCc1ccccc1. The lowest BCUT2D eigenvalue weighted by Crippen LogP contribution is -2.61. The molecule has 63 heavy (non-hydrogen) atoms. The average Bonchev–Trinajstić information content (AvgIpc) is 3.67. The number of aromatic hydroxyl groups is 1. The van der Waals surface area contributed by atoms with Crippen LogP contribution in [0.3, 0.4) is 0 Å². The summed E-state index contributed by atoms with van der Waals surface area (Å²) in [6, 6.07) is 6.01. The standard InChI is InChI=1S/C39H49N9O15/c1-20(63-21(2)49)33(38(60)41-18-31(53)47-48-39(61)62-19-23-6-4-3-5-7-23)46-37(59)27(16-22-8-10-24(50)11-9-22)44-36(58)28(17-32(54)55)45-35(57)26(12-14-29(40)51)43-34(56)25-13-15-30(52)42-25/h3-11,20,25-28,33,50H,12-19H2,1-2H3,(H2,40,51)(H,41,60)(H,42,52)(H,43,56)(H,44,58)(H,45,57)(H,46,59)(H,47,53)(H,48,61)(H,54,55)/t20-,25+,26+,27+,28+,33+/m1/s1. The van der Waals surface area contributed by atoms with Crippen molar-refractivity contribution < 1.29 is 72.4 Å². The maximum absolute atomic E-state index is 14.0. The van der Waals surface area contributed by atoms with Crippen molar-refractivity contribution in [3.8, 4) is 5.75 Å². The molecule has 2 aromatic carbocycles. The molecule has 0 spiro atoms. The monoisotopic (exact) mass is 883 g/mol. The average molecular weight is 884 g/mol. The Kier molecular flexibility index (Phi) is 19.2. The largest absolute Gasteiger partial charge is 0.508 e. The number of carbonyl (C=O) groups is 11. The number of phenols is 1. The van der Waals surface area contributed by atoms with Gasteiger partial charge in [0.1, 0.15) is 48.7 Å². The van der Waals surface area contributed by atoms with E-state index in [4.69, 9.17) is 15.2 Å². The number of hydrogen-bond donors (Lipinski definition) is 11. The highest BCUT2D eigenvalue weighted by Crippen LogP contribution is 2.13. The highest BCUT2D eigenvalue weighted by molar-refractivity contribution is 5.98. The van der Waals surface area contributed by atoms with Crippen molar-refractivity contribution in [3.63, 3.8) is 0 Å². The molecular weight excluding hydrogens is 834 g/mol. The molecule has 0 aliphatic carbocycles. The number of rotatable bonds is 22. The third kappa shape index (κ3) is 17.8. The number of phenolic OH excluding ortho intramolecular Hbond substituents is 1. The van der Waals surface area contributed by atoms with Crippen LogP contribution in [0, 0.1) is 0 Å². The fourth-order valence-corrected chi connectivity index (χ4v) is 5.83. The van der Waals surface area contributed by atoms with Crippen LogP contribution in [0.25, 0.3) is 0 Å². The van der Waals surface area contributed by atoms with Gasteiger partial charge in [-0.3, -0.25) is 53.4 Å². The van der Waals surface area contributed by atoms with Crippen molar-refractivity contribution in [1.82, 2.24) is 42.8 Å². The molecule has 1 aliphatic heterocycles. The van der Waals surface area contributed by atoms with E-state index in [2.05, 4.69) is 31.9 Å². The zero-order valence-electron chi connectivity index (χ0n) is 34.1. The summed E-state index contributed by atoms with van der Waals surface area (Å²) in [6.07, 6.45) is -4.53. The minimum Gasteiger partial charge on any atom is -0.508 e. The van der Waals surface area contributed by atoms with Gasteiger partial charge in [0.05, 0.1) is 13.0 Å². The number of amides is 9. The molecule has 24 nitrogen and oxygen atoms in total. The number of esters is 1. The highest BCUT2D eigenvalue weighted by Gasteiger charge is 2.36. The molecule has 0 bridgehead atoms. The molecule has 1 saturated heterocycles. The van der Waals surface area contributed by atoms with Crippen LogP contribution in [0.4, 0.5) is 4.79 Å². The third-order valence-corrected chi connectivity index (χ3v) is 8.99. The first kappa shape index (κ1) is 49.6. The van der Waals surface area contributed by atoms with Crippen LogP contribution in [-0.4, -0.2) is 118 Å². The second-order valence-corrected chi connectivity index (χ2v) is 14.1. The quantitative estimate of drug-likeness (QED) is 0.0413. The second-order valence-electron chi connectivity index (χ2n) is 14.1. The Hall–Kier alpha value is -7.79. The number of nitrogens with two attached hydrogens (primary N) is 1. The van der Waals surface area contributed by atoms with E-state index in [-0.39, 0.29) is 38.0 Å². The van der Waals surface area contributed by atoms with Crippen molar-refractivity contribution in [2.45, 2.75) is 95.3 Å². The smallest absolute Gasteiger partial charge is 0.426 e. The van der Waals surface area contributed by atoms with E-state index in [9.17, 15) is 63.0 Å². The molecule has 2 aromatic rings. The van der Waals surface area contributed by atoms with E-state index in [0.717, 1.165) is 6.92 Å². The van der Waals surface area contributed by atoms with Crippen molar-refractivity contribution >= 4 is 65.3 Å². The van der Waals surface area contributed by atoms with E-state index in [1.807, 2.05) is 10.9 Å². The Labute approximate surface area is 359 Å². The van der Waals surface area contributed by atoms with Gasteiger partial charge < -0.3 is 57.3 Å². The fraction of sp³-hybridized carbons (Fsp3) is 0.410. The lowest BCUT2D eigenvalue weighted by molar-refractivity contribution is -0.150. The molecular formula is C39H49N9O15. The molecule has 1 heterocycles. The topological polar surface area (TPSA) is 369 Å². The maximum Gasteiger partial charge on any atom is 0.426 e. The van der Waals surface area contributed by atoms with Crippen molar-refractivity contribution in [3.05, 3.63) is 65.7 Å². The first-order valence-electron chi connectivity index (χ1n) is 19.3. The predicted molar refractivity (Wildman–Crippen MR) is 214 cm³/mol. The first-order chi connectivity index (χ1) is 29.8. The van der Waals surface area contributed by atoms with Gasteiger partial charge in [-0.1, -0.05) is 42.5 Å². The highest BCUT2D eigenvalue weighted by atomic mass is 16.6. The van der Waals surface area contributed by atoms with Crippen molar-refractivity contribution in [2.75, 3.05) is 6.54 Å². The number of benzene rings is 2. The first-order valence-corrected chi connectivity index (χ1v) is 19.3. The molecule has 0 saturated carbocycles. The van der Waals surface area contributed by atoms with Crippen LogP contribution in [0.15, 0.2) is 54.6 Å². The summed E-state index contributed by atoms with van der Waals surface area (Å²) in [5, 5.41) is 33.4. The number of aliphatic carboxylic acids is 1. The Balaban J connectivity index is 1.79. The lowest BCUT2D eigenvalue weighted by Gasteiger charge is -2.28. The zero-order valence-corrected chi connectivity index (χ0v) is 34.1. The van der Waals surface area contributed by atoms with E-state index < -0.39 is 121 Å². The van der Waals surface area contributed by atoms with Gasteiger partial charge >= 0.3 is 18.0 Å². The number of carboxylic acids is 1. The van der Waals surface area contributed by atoms with Crippen LogP contribution >= 0.6 is 0 Å². The molecule has 0 unspecified atom stereocenters. The molecule has 340 valence electrons. The Morgan fingerprint density at radius 2 is 1.44 bits per heavy atom. The zero-order chi connectivity index (χ0) is 46.6. The van der Waals surface area contributed by atoms with Gasteiger partial charge in [0.25, 0.3) is 5.91 Å². The minimum absolute atomic E-state index is 0.0362.